The third kappa shape index (κ3) is 4.03. The van der Waals surface area contributed by atoms with E-state index in [2.05, 4.69) is 15.9 Å². The number of hydrogen-bond donors (Lipinski definition) is 0. The van der Waals surface area contributed by atoms with Crippen LogP contribution in [0.3, 0.4) is 0 Å². The highest BCUT2D eigenvalue weighted by Gasteiger charge is 2.10. The van der Waals surface area contributed by atoms with Gasteiger partial charge in [-0.05, 0) is 49.9 Å². The van der Waals surface area contributed by atoms with E-state index in [4.69, 9.17) is 14.2 Å². The summed E-state index contributed by atoms with van der Waals surface area (Å²) in [5.41, 5.74) is 0. The molecule has 0 aliphatic heterocycles. The molecule has 2 rings (SSSR count). The van der Waals surface area contributed by atoms with Crippen LogP contribution >= 0.6 is 15.9 Å². The molecule has 0 amide bonds. The summed E-state index contributed by atoms with van der Waals surface area (Å²) in [7, 11) is 1.67. The Morgan fingerprint density at radius 2 is 1.95 bits per heavy atom. The molecule has 0 spiro atoms. The van der Waals surface area contributed by atoms with E-state index >= 15 is 0 Å². The van der Waals surface area contributed by atoms with Gasteiger partial charge in [0.1, 0.15) is 5.75 Å². The summed E-state index contributed by atoms with van der Waals surface area (Å²) in [4.78, 5) is 0. The lowest BCUT2D eigenvalue weighted by atomic mass is 10.1. The molecule has 2 aromatic rings. The van der Waals surface area contributed by atoms with E-state index in [1.54, 1.807) is 7.11 Å². The lowest BCUT2D eigenvalue weighted by Crippen LogP contribution is -2.05. The van der Waals surface area contributed by atoms with Crippen molar-refractivity contribution in [1.82, 2.24) is 0 Å². The van der Waals surface area contributed by atoms with Crippen molar-refractivity contribution in [1.29, 1.82) is 0 Å². The number of hydrogen-bond acceptors (Lipinski definition) is 3. The van der Waals surface area contributed by atoms with Crippen molar-refractivity contribution < 1.29 is 14.2 Å². The predicted octanol–water partition coefficient (Wildman–Crippen LogP) is 4.80. The molecule has 0 radical (unpaired) electrons. The van der Waals surface area contributed by atoms with Crippen LogP contribution < -0.4 is 14.2 Å². The number of alkyl halides is 1. The minimum Gasteiger partial charge on any atom is -0.492 e. The number of methoxy groups -OCH3 is 1. The highest BCUT2D eigenvalue weighted by Crippen LogP contribution is 2.37. The minimum atomic E-state index is 0.163. The van der Waals surface area contributed by atoms with Crippen LogP contribution in [0.15, 0.2) is 30.3 Å². The Kier molecular flexibility index (Phi) is 5.74. The Morgan fingerprint density at radius 3 is 2.62 bits per heavy atom. The summed E-state index contributed by atoms with van der Waals surface area (Å²) in [5, 5.41) is 3.04. The highest BCUT2D eigenvalue weighted by atomic mass is 79.9. The molecular formula is C17H21BrO3. The molecule has 0 atom stereocenters. The molecule has 4 heteroatoms. The molecule has 0 N–H and O–H groups in total. The van der Waals surface area contributed by atoms with Crippen LogP contribution in [0.25, 0.3) is 10.8 Å². The largest absolute Gasteiger partial charge is 0.492 e. The molecule has 0 saturated carbocycles. The van der Waals surface area contributed by atoms with Crippen molar-refractivity contribution >= 4 is 26.7 Å². The predicted molar refractivity (Wildman–Crippen MR) is 90.2 cm³/mol. The average Bonchev–Trinajstić information content (AvgIpc) is 2.46. The number of fused-ring (bicyclic) bond motifs is 1. The van der Waals surface area contributed by atoms with E-state index in [0.29, 0.717) is 6.61 Å². The summed E-state index contributed by atoms with van der Waals surface area (Å²) >= 11 is 3.40. The molecule has 0 aliphatic carbocycles. The van der Waals surface area contributed by atoms with Crippen LogP contribution in [0.4, 0.5) is 0 Å². The standard InChI is InChI=1S/C17H21BrO3/c1-12(2)21-14-6-7-15-13(11-14)5-8-16(17(15)19-3)20-10-4-9-18/h5-8,11-12H,4,9-10H2,1-3H3. The molecule has 3 nitrogen and oxygen atoms in total. The Bertz CT molecular complexity index is 596. The van der Waals surface area contributed by atoms with Gasteiger partial charge in [-0.3, -0.25) is 0 Å². The van der Waals surface area contributed by atoms with Gasteiger partial charge in [-0.2, -0.15) is 0 Å². The van der Waals surface area contributed by atoms with Crippen molar-refractivity contribution in [2.75, 3.05) is 19.0 Å². The van der Waals surface area contributed by atoms with E-state index in [-0.39, 0.29) is 6.10 Å². The van der Waals surface area contributed by atoms with Crippen molar-refractivity contribution in [3.05, 3.63) is 30.3 Å². The van der Waals surface area contributed by atoms with Crippen LogP contribution in [-0.4, -0.2) is 25.2 Å². The minimum absolute atomic E-state index is 0.163. The first-order valence-electron chi connectivity index (χ1n) is 7.12. The van der Waals surface area contributed by atoms with Gasteiger partial charge < -0.3 is 14.2 Å². The Hall–Kier alpha value is -1.42. The fraction of sp³-hybridized carbons (Fsp3) is 0.412. The summed E-state index contributed by atoms with van der Waals surface area (Å²) in [6, 6.07) is 10.00. The molecular weight excluding hydrogens is 332 g/mol. The highest BCUT2D eigenvalue weighted by molar-refractivity contribution is 9.09. The first-order valence-corrected chi connectivity index (χ1v) is 8.24. The third-order valence-electron chi connectivity index (χ3n) is 3.02. The number of benzene rings is 2. The van der Waals surface area contributed by atoms with Gasteiger partial charge in [-0.15, -0.1) is 0 Å². The molecule has 0 aliphatic rings. The van der Waals surface area contributed by atoms with Crippen molar-refractivity contribution in [3.63, 3.8) is 0 Å². The maximum absolute atomic E-state index is 5.79. The van der Waals surface area contributed by atoms with Gasteiger partial charge in [0, 0.05) is 10.7 Å². The molecule has 0 fully saturated rings. The second kappa shape index (κ2) is 7.55. The van der Waals surface area contributed by atoms with Gasteiger partial charge >= 0.3 is 0 Å². The topological polar surface area (TPSA) is 27.7 Å². The van der Waals surface area contributed by atoms with Gasteiger partial charge in [-0.1, -0.05) is 22.0 Å². The molecule has 21 heavy (non-hydrogen) atoms. The normalized spacial score (nSPS) is 10.9. The fourth-order valence-corrected chi connectivity index (χ4v) is 2.39. The monoisotopic (exact) mass is 352 g/mol. The molecule has 0 bridgehead atoms. The van der Waals surface area contributed by atoms with Gasteiger partial charge in [-0.25, -0.2) is 0 Å². The summed E-state index contributed by atoms with van der Waals surface area (Å²) < 4.78 is 17.0. The zero-order valence-electron chi connectivity index (χ0n) is 12.7. The number of halogens is 1. The molecule has 0 saturated heterocycles. The average molecular weight is 353 g/mol. The molecule has 0 heterocycles. The summed E-state index contributed by atoms with van der Waals surface area (Å²) in [6.45, 7) is 4.71. The van der Waals surface area contributed by atoms with Gasteiger partial charge in [0.25, 0.3) is 0 Å². The molecule has 0 aromatic heterocycles. The maximum atomic E-state index is 5.79. The van der Waals surface area contributed by atoms with E-state index in [1.807, 2.05) is 44.2 Å². The smallest absolute Gasteiger partial charge is 0.168 e. The SMILES string of the molecule is COc1c(OCCCBr)ccc2cc(OC(C)C)ccc12. The van der Waals surface area contributed by atoms with Gasteiger partial charge in [0.2, 0.25) is 0 Å². The fourth-order valence-electron chi connectivity index (χ4n) is 2.17. The number of rotatable bonds is 7. The first kappa shape index (κ1) is 16.0. The van der Waals surface area contributed by atoms with E-state index < -0.39 is 0 Å². The van der Waals surface area contributed by atoms with Crippen molar-refractivity contribution in [2.24, 2.45) is 0 Å². The zero-order chi connectivity index (χ0) is 15.2. The van der Waals surface area contributed by atoms with Crippen LogP contribution in [0.5, 0.6) is 17.2 Å². The Balaban J connectivity index is 2.33. The molecule has 2 aromatic carbocycles. The zero-order valence-corrected chi connectivity index (χ0v) is 14.3. The van der Waals surface area contributed by atoms with E-state index in [9.17, 15) is 0 Å². The third-order valence-corrected chi connectivity index (χ3v) is 3.58. The van der Waals surface area contributed by atoms with Gasteiger partial charge in [0.05, 0.1) is 19.8 Å². The summed E-state index contributed by atoms with van der Waals surface area (Å²) in [5.74, 6) is 2.43. The maximum Gasteiger partial charge on any atom is 0.168 e. The van der Waals surface area contributed by atoms with Gasteiger partial charge in [0.15, 0.2) is 11.5 Å². The van der Waals surface area contributed by atoms with Crippen molar-refractivity contribution in [2.45, 2.75) is 26.4 Å². The quantitative estimate of drug-likeness (QED) is 0.529. The lowest BCUT2D eigenvalue weighted by Gasteiger charge is -2.14. The lowest BCUT2D eigenvalue weighted by molar-refractivity contribution is 0.242. The second-order valence-electron chi connectivity index (χ2n) is 5.04. The van der Waals surface area contributed by atoms with Crippen molar-refractivity contribution in [3.8, 4) is 17.2 Å². The Labute approximate surface area is 134 Å². The van der Waals surface area contributed by atoms with Crippen LogP contribution in [-0.2, 0) is 0 Å². The second-order valence-corrected chi connectivity index (χ2v) is 5.83. The first-order chi connectivity index (χ1) is 10.2. The van der Waals surface area contributed by atoms with E-state index in [1.165, 1.54) is 0 Å². The number of ether oxygens (including phenoxy) is 3. The Morgan fingerprint density at radius 1 is 1.14 bits per heavy atom. The van der Waals surface area contributed by atoms with Crippen LogP contribution in [0.1, 0.15) is 20.3 Å². The van der Waals surface area contributed by atoms with E-state index in [0.717, 1.165) is 39.8 Å². The molecule has 0 unspecified atom stereocenters. The van der Waals surface area contributed by atoms with Crippen LogP contribution in [0.2, 0.25) is 0 Å². The molecule has 114 valence electrons. The van der Waals surface area contributed by atoms with Crippen LogP contribution in [0, 0.1) is 0 Å². The summed E-state index contributed by atoms with van der Waals surface area (Å²) in [6.07, 6.45) is 1.12.